The molecule has 0 saturated heterocycles. The molecule has 0 N–H and O–H groups in total. The Morgan fingerprint density at radius 1 is 1.00 bits per heavy atom. The Kier molecular flexibility index (Phi) is 3.95. The highest BCUT2D eigenvalue weighted by Gasteiger charge is 2.28. The molecule has 6 rings (SSSR count). The molecule has 5 aromatic rings. The van der Waals surface area contributed by atoms with Gasteiger partial charge in [-0.1, -0.05) is 6.07 Å². The molecule has 5 aromatic heterocycles. The van der Waals surface area contributed by atoms with Gasteiger partial charge in [0.05, 0.1) is 5.69 Å². The molecule has 6 heterocycles. The number of anilines is 2. The number of fused-ring (bicyclic) bond motifs is 2. The summed E-state index contributed by atoms with van der Waals surface area (Å²) in [6, 6.07) is 4.23. The molecule has 1 aliphatic rings. The van der Waals surface area contributed by atoms with E-state index in [1.807, 2.05) is 58.7 Å². The number of aryl methyl sites for hydroxylation is 4. The van der Waals surface area contributed by atoms with Crippen LogP contribution in [0.5, 0.6) is 0 Å². The van der Waals surface area contributed by atoms with Crippen molar-refractivity contribution in [2.75, 3.05) is 11.4 Å². The van der Waals surface area contributed by atoms with Gasteiger partial charge in [0.25, 0.3) is 0 Å². The van der Waals surface area contributed by atoms with Gasteiger partial charge in [0.1, 0.15) is 11.3 Å². The smallest absolute Gasteiger partial charge is 0.218 e. The molecule has 160 valence electrons. The topological polar surface area (TPSA) is 82.0 Å². The average Bonchev–Trinajstić information content (AvgIpc) is 3.54. The maximum absolute atomic E-state index is 5.03. The van der Waals surface area contributed by atoms with Crippen LogP contribution in [0.25, 0.3) is 28.4 Å². The lowest BCUT2D eigenvalue weighted by Gasteiger charge is -2.19. The third kappa shape index (κ3) is 2.74. The normalized spacial score (nSPS) is 13.3. The van der Waals surface area contributed by atoms with Crippen LogP contribution in [0.4, 0.5) is 11.6 Å². The van der Waals surface area contributed by atoms with E-state index in [2.05, 4.69) is 34.9 Å². The molecular weight excluding hydrogens is 402 g/mol. The monoisotopic (exact) mass is 425 g/mol. The number of nitrogens with zero attached hydrogens (tertiary/aromatic N) is 9. The highest BCUT2D eigenvalue weighted by molar-refractivity contribution is 5.86. The molecule has 9 nitrogen and oxygen atoms in total. The Balaban J connectivity index is 1.62. The molecule has 0 bridgehead atoms. The van der Waals surface area contributed by atoms with Crippen molar-refractivity contribution in [3.63, 3.8) is 0 Å². The van der Waals surface area contributed by atoms with Crippen LogP contribution in [0, 0.1) is 13.8 Å². The van der Waals surface area contributed by atoms with Gasteiger partial charge in [0.2, 0.25) is 5.82 Å². The van der Waals surface area contributed by atoms with Crippen LogP contribution in [0.2, 0.25) is 0 Å². The minimum Gasteiger partial charge on any atom is -0.331 e. The predicted molar refractivity (Wildman–Crippen MR) is 122 cm³/mol. The first-order valence-electron chi connectivity index (χ1n) is 10.6. The highest BCUT2D eigenvalue weighted by Crippen LogP contribution is 2.38. The predicted octanol–water partition coefficient (Wildman–Crippen LogP) is 3.24. The van der Waals surface area contributed by atoms with Gasteiger partial charge in [-0.05, 0) is 43.0 Å². The second-order valence-electron chi connectivity index (χ2n) is 8.35. The molecule has 0 fully saturated rings. The van der Waals surface area contributed by atoms with Gasteiger partial charge in [-0.15, -0.1) is 5.10 Å². The van der Waals surface area contributed by atoms with Gasteiger partial charge in [0, 0.05) is 57.2 Å². The molecule has 1 aliphatic heterocycles. The Labute approximate surface area is 185 Å². The summed E-state index contributed by atoms with van der Waals surface area (Å²) in [5.74, 6) is 3.09. The first-order valence-corrected chi connectivity index (χ1v) is 10.6. The molecule has 0 spiro atoms. The number of hydrogen-bond acceptors (Lipinski definition) is 6. The van der Waals surface area contributed by atoms with Crippen molar-refractivity contribution in [3.05, 3.63) is 59.8 Å². The zero-order chi connectivity index (χ0) is 22.0. The second kappa shape index (κ2) is 6.74. The molecule has 9 heteroatoms. The Morgan fingerprint density at radius 2 is 1.88 bits per heavy atom. The van der Waals surface area contributed by atoms with Crippen LogP contribution >= 0.6 is 0 Å². The van der Waals surface area contributed by atoms with E-state index in [9.17, 15) is 0 Å². The van der Waals surface area contributed by atoms with Crippen molar-refractivity contribution >= 4 is 17.2 Å². The van der Waals surface area contributed by atoms with Crippen molar-refractivity contribution in [3.8, 4) is 22.9 Å². The van der Waals surface area contributed by atoms with Crippen molar-refractivity contribution in [2.45, 2.75) is 20.3 Å². The molecule has 32 heavy (non-hydrogen) atoms. The van der Waals surface area contributed by atoms with Crippen molar-refractivity contribution in [2.24, 2.45) is 14.1 Å². The van der Waals surface area contributed by atoms with E-state index in [4.69, 9.17) is 15.1 Å². The molecule has 0 aromatic carbocycles. The Hall–Kier alpha value is -4.01. The van der Waals surface area contributed by atoms with E-state index >= 15 is 0 Å². The molecule has 0 aliphatic carbocycles. The number of imidazole rings is 1. The first-order chi connectivity index (χ1) is 15.5. The van der Waals surface area contributed by atoms with Crippen LogP contribution in [-0.2, 0) is 20.5 Å². The fraction of sp³-hybridized carbons (Fsp3) is 0.261. The second-order valence-corrected chi connectivity index (χ2v) is 8.35. The maximum Gasteiger partial charge on any atom is 0.218 e. The summed E-state index contributed by atoms with van der Waals surface area (Å²) in [6.45, 7) is 5.00. The van der Waals surface area contributed by atoms with Crippen molar-refractivity contribution < 1.29 is 0 Å². The average molecular weight is 426 g/mol. The summed E-state index contributed by atoms with van der Waals surface area (Å²) in [4.78, 5) is 16.5. The molecule has 0 saturated carbocycles. The minimum absolute atomic E-state index is 0.572. The Bertz CT molecular complexity index is 1490. The zero-order valence-corrected chi connectivity index (χ0v) is 18.5. The fourth-order valence-corrected chi connectivity index (χ4v) is 4.48. The highest BCUT2D eigenvalue weighted by atomic mass is 15.3. The summed E-state index contributed by atoms with van der Waals surface area (Å²) in [5.41, 5.74) is 6.41. The third-order valence-electron chi connectivity index (χ3n) is 6.07. The molecule has 0 atom stereocenters. The summed E-state index contributed by atoms with van der Waals surface area (Å²) in [6.07, 6.45) is 10.5. The van der Waals surface area contributed by atoms with Crippen LogP contribution in [0.15, 0.2) is 43.1 Å². The van der Waals surface area contributed by atoms with E-state index in [1.54, 1.807) is 6.20 Å². The zero-order valence-electron chi connectivity index (χ0n) is 18.5. The van der Waals surface area contributed by atoms with Gasteiger partial charge in [-0.2, -0.15) is 5.10 Å². The third-order valence-corrected chi connectivity index (χ3v) is 6.07. The van der Waals surface area contributed by atoms with E-state index in [-0.39, 0.29) is 0 Å². The SMILES string of the molecule is Cc1cnc2c(c1)CCN2c1nc(-c2nccn2C)nn2cc(-c3ccn(C)n3)c(C)c12. The van der Waals surface area contributed by atoms with Crippen molar-refractivity contribution in [1.29, 1.82) is 0 Å². The largest absolute Gasteiger partial charge is 0.331 e. The van der Waals surface area contributed by atoms with Gasteiger partial charge in [-0.25, -0.2) is 19.5 Å². The van der Waals surface area contributed by atoms with Crippen molar-refractivity contribution in [1.82, 2.24) is 38.9 Å². The van der Waals surface area contributed by atoms with E-state index in [0.717, 1.165) is 52.8 Å². The summed E-state index contributed by atoms with van der Waals surface area (Å²) < 4.78 is 5.66. The number of rotatable bonds is 3. The molecule has 0 radical (unpaired) electrons. The first kappa shape index (κ1) is 18.7. The number of aromatic nitrogens is 8. The summed E-state index contributed by atoms with van der Waals surface area (Å²) in [7, 11) is 3.87. The number of pyridine rings is 1. The fourth-order valence-electron chi connectivity index (χ4n) is 4.48. The minimum atomic E-state index is 0.572. The number of hydrogen-bond donors (Lipinski definition) is 0. The van der Waals surface area contributed by atoms with E-state index in [0.29, 0.717) is 5.82 Å². The lowest BCUT2D eigenvalue weighted by molar-refractivity contribution is 0.770. The van der Waals surface area contributed by atoms with Gasteiger partial charge in [0.15, 0.2) is 11.6 Å². The summed E-state index contributed by atoms with van der Waals surface area (Å²) in [5, 5.41) is 9.44. The standard InChI is InChI=1S/C23H23N9/c1-14-11-16-5-9-31(21(16)25-12-14)22-19-15(2)17(18-6-8-30(4)27-18)13-32(19)28-20(26-22)23-24-7-10-29(23)3/h6-8,10-13H,5,9H2,1-4H3. The quantitative estimate of drug-likeness (QED) is 0.441. The van der Waals surface area contributed by atoms with Gasteiger partial charge < -0.3 is 9.47 Å². The van der Waals surface area contributed by atoms with Crippen LogP contribution < -0.4 is 4.90 Å². The lowest BCUT2D eigenvalue weighted by Crippen LogP contribution is -2.18. The van der Waals surface area contributed by atoms with E-state index in [1.165, 1.54) is 11.1 Å². The van der Waals surface area contributed by atoms with Gasteiger partial charge in [-0.3, -0.25) is 4.68 Å². The molecule has 0 unspecified atom stereocenters. The van der Waals surface area contributed by atoms with Gasteiger partial charge >= 0.3 is 0 Å². The summed E-state index contributed by atoms with van der Waals surface area (Å²) >= 11 is 0. The Morgan fingerprint density at radius 3 is 2.62 bits per heavy atom. The molecule has 0 amide bonds. The van der Waals surface area contributed by atoms with E-state index < -0.39 is 0 Å². The van der Waals surface area contributed by atoms with Crippen LogP contribution in [0.1, 0.15) is 16.7 Å². The van der Waals surface area contributed by atoms with Crippen LogP contribution in [0.3, 0.4) is 0 Å². The van der Waals surface area contributed by atoms with Crippen LogP contribution in [-0.4, -0.2) is 45.5 Å². The maximum atomic E-state index is 5.03. The lowest BCUT2D eigenvalue weighted by atomic mass is 10.1. The molecular formula is C23H23N9.